The molecule has 0 saturated heterocycles. The first-order valence-corrected chi connectivity index (χ1v) is 25.8. The van der Waals surface area contributed by atoms with E-state index in [4.69, 9.17) is 0 Å². The van der Waals surface area contributed by atoms with Gasteiger partial charge in [-0.2, -0.15) is 0 Å². The topological polar surface area (TPSA) is 420 Å². The van der Waals surface area contributed by atoms with E-state index in [1.54, 1.807) is 136 Å². The fraction of sp³-hybridized carbons (Fsp3) is 0.514. The van der Waals surface area contributed by atoms with Crippen LogP contribution >= 0.6 is 136 Å². The minimum Gasteiger partial charge on any atom is -0.394 e. The summed E-state index contributed by atoms with van der Waals surface area (Å²) in [5.74, 6) is -7.03. The van der Waals surface area contributed by atoms with Crippen molar-refractivity contribution in [1.29, 1.82) is 0 Å². The van der Waals surface area contributed by atoms with E-state index in [1.807, 2.05) is 0 Å². The molecule has 0 aliphatic carbocycles. The lowest BCUT2D eigenvalue weighted by Crippen LogP contribution is -2.50. The summed E-state index contributed by atoms with van der Waals surface area (Å²) < 4.78 is -0.656. The summed E-state index contributed by atoms with van der Waals surface area (Å²) >= 11 is 9.75. The van der Waals surface area contributed by atoms with E-state index in [0.717, 1.165) is 14.1 Å². The van der Waals surface area contributed by atoms with Crippen LogP contribution in [-0.4, -0.2) is 223 Å². The number of rotatable bonds is 24. The third-order valence-corrected chi connectivity index (χ3v) is 16.3. The summed E-state index contributed by atoms with van der Waals surface area (Å²) in [6, 6.07) is -5.82. The summed E-state index contributed by atoms with van der Waals surface area (Å²) in [4.78, 5) is 85.6. The van der Waals surface area contributed by atoms with Crippen LogP contribution < -0.4 is 31.1 Å². The SMILES string of the molecule is CN(C(=O)C(O)C(=O)N(C)c1c(I)c(C(=O)NC(CO)C(O)CO)c(I)c(C(=O)NC(CO)C(O)CO)c1I)c1c(I)c(C(=O)NC(CO)C(O)CO)c(I)c(C(=O)NC(CO)C(O)CO)c1I. The van der Waals surface area contributed by atoms with Crippen molar-refractivity contribution in [3.8, 4) is 0 Å². The quantitative estimate of drug-likeness (QED) is 0.0346. The first kappa shape index (κ1) is 63.2. The zero-order chi connectivity index (χ0) is 52.2. The molecule has 382 valence electrons. The maximum atomic E-state index is 14.3. The highest BCUT2D eigenvalue weighted by atomic mass is 127. The number of hydrogen-bond acceptors (Lipinski definition) is 19. The van der Waals surface area contributed by atoms with Crippen molar-refractivity contribution >= 4 is 182 Å². The number of halogens is 6. The number of nitrogens with one attached hydrogen (secondary N) is 4. The molecule has 0 heterocycles. The lowest BCUT2D eigenvalue weighted by atomic mass is 10.0. The smallest absolute Gasteiger partial charge is 0.265 e. The van der Waals surface area contributed by atoms with Gasteiger partial charge in [0.2, 0.25) is 6.10 Å². The van der Waals surface area contributed by atoms with E-state index in [-0.39, 0.29) is 55.0 Å². The van der Waals surface area contributed by atoms with Crippen molar-refractivity contribution in [1.82, 2.24) is 21.3 Å². The second-order valence-corrected chi connectivity index (χ2v) is 20.8. The van der Waals surface area contributed by atoms with Gasteiger partial charge in [0.25, 0.3) is 35.4 Å². The molecular formula is C37H48I6N6O19. The maximum absolute atomic E-state index is 14.3. The minimum absolute atomic E-state index is 0.105. The molecule has 0 aliphatic rings. The fourth-order valence-corrected chi connectivity index (χ4v) is 15.6. The van der Waals surface area contributed by atoms with Gasteiger partial charge in [-0.1, -0.05) is 0 Å². The number of anilines is 2. The predicted octanol–water partition coefficient (Wildman–Crippen LogP) is -4.92. The van der Waals surface area contributed by atoms with Crippen molar-refractivity contribution in [3.05, 3.63) is 43.7 Å². The maximum Gasteiger partial charge on any atom is 0.265 e. The molecule has 2 aromatic rings. The van der Waals surface area contributed by atoms with Gasteiger partial charge in [0, 0.05) is 21.2 Å². The van der Waals surface area contributed by atoms with Gasteiger partial charge >= 0.3 is 0 Å². The van der Waals surface area contributed by atoms with E-state index >= 15 is 0 Å². The van der Waals surface area contributed by atoms with Crippen LogP contribution in [0.4, 0.5) is 11.4 Å². The lowest BCUT2D eigenvalue weighted by Gasteiger charge is -2.30. The molecule has 25 nitrogen and oxygen atoms in total. The van der Waals surface area contributed by atoms with Crippen LogP contribution in [0.3, 0.4) is 0 Å². The third-order valence-electron chi connectivity index (χ3n) is 9.95. The number of likely N-dealkylation sites (N-methyl/N-ethyl adjacent to an activating group) is 2. The predicted molar refractivity (Wildman–Crippen MR) is 288 cm³/mol. The lowest BCUT2D eigenvalue weighted by molar-refractivity contribution is -0.137. The highest BCUT2D eigenvalue weighted by Crippen LogP contribution is 2.40. The molecule has 2 rings (SSSR count). The molecule has 2 aromatic carbocycles. The Balaban J connectivity index is 2.92. The Kier molecular flexibility index (Phi) is 27.1. The Hall–Kier alpha value is -0.880. The number of benzene rings is 2. The van der Waals surface area contributed by atoms with Gasteiger partial charge in [0.15, 0.2) is 0 Å². The molecule has 0 fully saturated rings. The van der Waals surface area contributed by atoms with Gasteiger partial charge < -0.3 is 97.5 Å². The monoisotopic (exact) mass is 1640 g/mol. The average Bonchev–Trinajstić information content (AvgIpc) is 3.31. The Morgan fingerprint density at radius 3 is 0.735 bits per heavy atom. The van der Waals surface area contributed by atoms with Crippen LogP contribution in [0.5, 0.6) is 0 Å². The van der Waals surface area contributed by atoms with Crippen LogP contribution in [0.2, 0.25) is 0 Å². The Morgan fingerprint density at radius 1 is 0.382 bits per heavy atom. The minimum atomic E-state index is -2.65. The van der Waals surface area contributed by atoms with Crippen LogP contribution in [0.25, 0.3) is 0 Å². The van der Waals surface area contributed by atoms with Crippen molar-refractivity contribution < 1.29 is 95.2 Å². The van der Waals surface area contributed by atoms with E-state index in [1.165, 1.54) is 0 Å². The molecule has 0 aliphatic heterocycles. The van der Waals surface area contributed by atoms with Crippen LogP contribution in [0, 0.1) is 21.4 Å². The van der Waals surface area contributed by atoms with Crippen LogP contribution in [0.1, 0.15) is 41.4 Å². The molecule has 17 N–H and O–H groups in total. The average molecular weight is 1640 g/mol. The fourth-order valence-electron chi connectivity index (χ4n) is 5.91. The number of carbonyl (C=O) groups excluding carboxylic acids is 6. The summed E-state index contributed by atoms with van der Waals surface area (Å²) in [5, 5.41) is 139. The number of carbonyl (C=O) groups is 6. The van der Waals surface area contributed by atoms with E-state index in [0.29, 0.717) is 9.80 Å². The molecule has 8 atom stereocenters. The van der Waals surface area contributed by atoms with Crippen molar-refractivity contribution in [2.75, 3.05) is 76.8 Å². The Bertz CT molecular complexity index is 1920. The molecule has 31 heteroatoms. The molecule has 0 aromatic heterocycles. The van der Waals surface area contributed by atoms with E-state index < -0.39 is 143 Å². The van der Waals surface area contributed by atoms with Crippen molar-refractivity contribution in [3.63, 3.8) is 0 Å². The highest BCUT2D eigenvalue weighted by molar-refractivity contribution is 14.1. The Morgan fingerprint density at radius 2 is 0.574 bits per heavy atom. The van der Waals surface area contributed by atoms with E-state index in [2.05, 4.69) is 21.3 Å². The molecule has 8 unspecified atom stereocenters. The van der Waals surface area contributed by atoms with Crippen LogP contribution in [0.15, 0.2) is 0 Å². The van der Waals surface area contributed by atoms with Gasteiger partial charge in [-0.15, -0.1) is 0 Å². The largest absolute Gasteiger partial charge is 0.394 e. The number of aliphatic hydroxyl groups excluding tert-OH is 13. The zero-order valence-corrected chi connectivity index (χ0v) is 48.2. The number of hydrogen-bond donors (Lipinski definition) is 17. The molecule has 68 heavy (non-hydrogen) atoms. The summed E-state index contributed by atoms with van der Waals surface area (Å²) in [5.41, 5.74) is -2.00. The summed E-state index contributed by atoms with van der Waals surface area (Å²) in [6.45, 7) is -7.03. The van der Waals surface area contributed by atoms with Gasteiger partial charge in [0.1, 0.15) is 0 Å². The Labute approximate surface area is 468 Å². The number of amides is 6. The molecule has 0 radical (unpaired) electrons. The second kappa shape index (κ2) is 29.1. The summed E-state index contributed by atoms with van der Waals surface area (Å²) in [7, 11) is 2.12. The van der Waals surface area contributed by atoms with Crippen LogP contribution in [-0.2, 0) is 9.59 Å². The summed E-state index contributed by atoms with van der Waals surface area (Å²) in [6.07, 6.45) is -9.31. The number of nitrogens with zero attached hydrogens (tertiary/aromatic N) is 2. The highest BCUT2D eigenvalue weighted by Gasteiger charge is 2.39. The molecule has 0 bridgehead atoms. The third kappa shape index (κ3) is 14.7. The molecule has 0 spiro atoms. The normalized spacial score (nSPS) is 15.4. The first-order valence-electron chi connectivity index (χ1n) is 19.3. The van der Waals surface area contributed by atoms with Gasteiger partial charge in [-0.05, 0) is 136 Å². The number of aliphatic hydroxyl groups is 13. The second-order valence-electron chi connectivity index (χ2n) is 14.3. The first-order chi connectivity index (χ1) is 31.8. The zero-order valence-electron chi connectivity index (χ0n) is 35.3. The standard InChI is InChI=1S/C37H48I6N6O19/c1-48(29-25(40)19(32(63)44-11(3-50)15(58)7-54)23(38)20(26(29)41)33(64)45-12(4-51)16(59)8-55)36(67)31(62)37(68)49(2)30-27(42)21(34(65)46-13(5-52)17(60)9-56)24(39)22(28(30)43)35(66)47-14(6-53)18(61)10-57/h11-18,31,50-62H,3-10H2,1-2H3,(H,44,63)(H,45,64)(H,46,65)(H,47,66). The molecular weight excluding hydrogens is 1590 g/mol. The molecule has 6 amide bonds. The molecule has 0 saturated carbocycles. The van der Waals surface area contributed by atoms with Gasteiger partial charge in [-0.3, -0.25) is 28.8 Å². The van der Waals surface area contributed by atoms with Gasteiger partial charge in [0.05, 0.1) is 149 Å². The van der Waals surface area contributed by atoms with Crippen molar-refractivity contribution in [2.24, 2.45) is 0 Å². The van der Waals surface area contributed by atoms with E-state index in [9.17, 15) is 95.2 Å². The van der Waals surface area contributed by atoms with Crippen molar-refractivity contribution in [2.45, 2.75) is 54.7 Å². The van der Waals surface area contributed by atoms with Gasteiger partial charge in [-0.25, -0.2) is 0 Å².